The van der Waals surface area contributed by atoms with E-state index in [0.717, 1.165) is 12.4 Å². The van der Waals surface area contributed by atoms with E-state index in [2.05, 4.69) is 25.1 Å². The van der Waals surface area contributed by atoms with Crippen molar-refractivity contribution >= 4 is 23.5 Å². The fraction of sp³-hybridized carbons (Fsp3) is 0.105. The second kappa shape index (κ2) is 7.94. The Morgan fingerprint density at radius 2 is 1.77 bits per heavy atom. The predicted molar refractivity (Wildman–Crippen MR) is 109 cm³/mol. The monoisotopic (exact) mass is 411 g/mol. The van der Waals surface area contributed by atoms with Gasteiger partial charge in [-0.15, -0.1) is 0 Å². The molecule has 146 valence electrons. The highest BCUT2D eigenvalue weighted by Crippen LogP contribution is 2.36. The maximum atomic E-state index is 13.8. The number of ether oxygens (including phenoxy) is 1. The average Bonchev–Trinajstić information content (AvgIpc) is 3.19. The number of hydrogen-bond acceptors (Lipinski definition) is 7. The summed E-state index contributed by atoms with van der Waals surface area (Å²) >= 11 is 0. The van der Waals surface area contributed by atoms with E-state index in [9.17, 15) is 8.78 Å². The summed E-state index contributed by atoms with van der Waals surface area (Å²) in [5.74, 6) is -0.760. The summed E-state index contributed by atoms with van der Waals surface area (Å²) < 4.78 is 37.6. The van der Waals surface area contributed by atoms with Crippen molar-refractivity contribution in [3.63, 3.8) is 0 Å². The molecule has 0 aliphatic carbocycles. The average molecular weight is 411 g/mol. The highest BCUT2D eigenvalue weighted by atomic mass is 19.1. The van der Waals surface area contributed by atoms with Crippen molar-refractivity contribution in [3.8, 4) is 40.0 Å². The fourth-order valence-corrected chi connectivity index (χ4v) is 2.79. The summed E-state index contributed by atoms with van der Waals surface area (Å²) in [6.45, 7) is 1.61. The van der Waals surface area contributed by atoms with E-state index in [1.165, 1.54) is 30.5 Å². The van der Waals surface area contributed by atoms with Crippen LogP contribution >= 0.6 is 0 Å². The van der Waals surface area contributed by atoms with Gasteiger partial charge in [0.2, 0.25) is 5.82 Å². The van der Waals surface area contributed by atoms with E-state index in [1.807, 2.05) is 0 Å². The van der Waals surface area contributed by atoms with E-state index >= 15 is 0 Å². The molecule has 0 spiro atoms. The zero-order chi connectivity index (χ0) is 22.2. The van der Waals surface area contributed by atoms with Gasteiger partial charge in [0.1, 0.15) is 52.3 Å². The highest BCUT2D eigenvalue weighted by molar-refractivity contribution is 6.58. The van der Waals surface area contributed by atoms with E-state index in [0.29, 0.717) is 22.5 Å². The fourth-order valence-electron chi connectivity index (χ4n) is 2.79. The molecule has 4 rings (SSSR count). The first-order chi connectivity index (χ1) is 14.7. The molecule has 7 nitrogen and oxygen atoms in total. The zero-order valence-corrected chi connectivity index (χ0v) is 16.1. The molecule has 0 saturated heterocycles. The van der Waals surface area contributed by atoms with Gasteiger partial charge in [-0.05, 0) is 36.5 Å². The number of aromatic nitrogens is 5. The van der Waals surface area contributed by atoms with Crippen molar-refractivity contribution in [2.24, 2.45) is 0 Å². The third-order valence-corrected chi connectivity index (χ3v) is 4.04. The molecule has 12 heteroatoms. The lowest BCUT2D eigenvalue weighted by Gasteiger charge is -2.26. The van der Waals surface area contributed by atoms with Crippen molar-refractivity contribution in [2.75, 3.05) is 0 Å². The summed E-state index contributed by atoms with van der Waals surface area (Å²) in [5, 5.41) is 1.84. The van der Waals surface area contributed by atoms with Crippen LogP contribution in [0.5, 0.6) is 5.75 Å². The van der Waals surface area contributed by atoms with E-state index in [1.54, 1.807) is 6.92 Å². The molecule has 0 bridgehead atoms. The van der Waals surface area contributed by atoms with Crippen LogP contribution in [0.3, 0.4) is 0 Å². The molecular formula is C19H10B3F2N5O2. The number of nitrogens with zero attached hydrogens (tertiary/aromatic N) is 5. The normalized spacial score (nSPS) is 11.5. The molecule has 0 N–H and O–H groups in total. The lowest BCUT2D eigenvalue weighted by atomic mass is 9.52. The summed E-state index contributed by atoms with van der Waals surface area (Å²) in [6.07, 6.45) is 3.51. The van der Waals surface area contributed by atoms with Crippen LogP contribution in [0.4, 0.5) is 8.78 Å². The van der Waals surface area contributed by atoms with E-state index < -0.39 is 16.9 Å². The highest BCUT2D eigenvalue weighted by Gasteiger charge is 2.22. The molecule has 0 unspecified atom stereocenters. The molecule has 4 heterocycles. The van der Waals surface area contributed by atoms with Crippen LogP contribution in [0.2, 0.25) is 0 Å². The van der Waals surface area contributed by atoms with Gasteiger partial charge in [0, 0.05) is 17.3 Å². The van der Waals surface area contributed by atoms with Gasteiger partial charge in [0.05, 0.1) is 18.1 Å². The second-order valence-electron chi connectivity index (χ2n) is 6.60. The van der Waals surface area contributed by atoms with E-state index in [-0.39, 0.29) is 23.2 Å². The van der Waals surface area contributed by atoms with Crippen LogP contribution in [-0.4, -0.2) is 53.9 Å². The standard InChI is InChI=1S/C19H10B3F2N5O2/c1-9-16(30-19(20,21)22)13(10-4-12(24)7-25-6-10)5-15(27-9)18-28-17(29-31-18)14-3-2-11(23)8-26-14/h2-8H,1H3. The maximum Gasteiger partial charge on any atom is 0.276 e. The zero-order valence-electron chi connectivity index (χ0n) is 16.1. The Hall–Kier alpha value is -3.56. The Labute approximate surface area is 179 Å². The van der Waals surface area contributed by atoms with Crippen molar-refractivity contribution in [1.29, 1.82) is 0 Å². The predicted octanol–water partition coefficient (Wildman–Crippen LogP) is 2.34. The van der Waals surface area contributed by atoms with Gasteiger partial charge in [-0.2, -0.15) is 4.98 Å². The van der Waals surface area contributed by atoms with Gasteiger partial charge in [0.15, 0.2) is 0 Å². The number of hydrogen-bond donors (Lipinski definition) is 0. The minimum atomic E-state index is -2.00. The third-order valence-electron chi connectivity index (χ3n) is 4.04. The first kappa shape index (κ1) is 20.7. The van der Waals surface area contributed by atoms with Gasteiger partial charge >= 0.3 is 0 Å². The minimum Gasteiger partial charge on any atom is -0.513 e. The third kappa shape index (κ3) is 4.63. The Morgan fingerprint density at radius 3 is 2.45 bits per heavy atom. The van der Waals surface area contributed by atoms with Crippen LogP contribution in [0, 0.1) is 18.6 Å². The molecular weight excluding hydrogens is 401 g/mol. The van der Waals surface area contributed by atoms with Gasteiger partial charge in [-0.1, -0.05) is 5.16 Å². The minimum absolute atomic E-state index is 0.0425. The van der Waals surface area contributed by atoms with Crippen LogP contribution in [-0.2, 0) is 0 Å². The smallest absolute Gasteiger partial charge is 0.276 e. The molecule has 31 heavy (non-hydrogen) atoms. The van der Waals surface area contributed by atoms with Gasteiger partial charge in [-0.3, -0.25) is 4.98 Å². The molecule has 0 amide bonds. The van der Waals surface area contributed by atoms with Crippen LogP contribution in [0.15, 0.2) is 47.4 Å². The summed E-state index contributed by atoms with van der Waals surface area (Å²) in [5.41, 5.74) is 1.58. The van der Waals surface area contributed by atoms with Gasteiger partial charge < -0.3 is 9.26 Å². The molecule has 0 atom stereocenters. The van der Waals surface area contributed by atoms with E-state index in [4.69, 9.17) is 32.8 Å². The lowest BCUT2D eigenvalue weighted by Crippen LogP contribution is -2.38. The first-order valence-electron chi connectivity index (χ1n) is 8.84. The number of aryl methyl sites for hydroxylation is 1. The molecule has 4 aromatic rings. The SMILES string of the molecule is [B]C([B])([B])Oc1c(-c2cncc(F)c2)cc(-c2nc(-c3ccc(F)cn3)no2)nc1C. The molecule has 4 aromatic heterocycles. The van der Waals surface area contributed by atoms with Crippen molar-refractivity contribution in [3.05, 3.63) is 60.2 Å². The quantitative estimate of drug-likeness (QED) is 0.467. The largest absolute Gasteiger partial charge is 0.513 e. The number of halogens is 2. The number of pyridine rings is 3. The molecule has 0 aliphatic heterocycles. The van der Waals surface area contributed by atoms with Crippen LogP contribution < -0.4 is 4.74 Å². The topological polar surface area (TPSA) is 86.8 Å². The van der Waals surface area contributed by atoms with Crippen molar-refractivity contribution in [2.45, 2.75) is 12.2 Å². The second-order valence-corrected chi connectivity index (χ2v) is 6.60. The number of rotatable bonds is 5. The Bertz CT molecular complexity index is 1250. The Morgan fingerprint density at radius 1 is 0.968 bits per heavy atom. The molecule has 0 aromatic carbocycles. The molecule has 0 aliphatic rings. The first-order valence-corrected chi connectivity index (χ1v) is 8.84. The van der Waals surface area contributed by atoms with Crippen molar-refractivity contribution in [1.82, 2.24) is 25.1 Å². The Balaban J connectivity index is 1.82. The van der Waals surface area contributed by atoms with Crippen LogP contribution in [0.25, 0.3) is 34.2 Å². The Kier molecular flexibility index (Phi) is 5.30. The van der Waals surface area contributed by atoms with Gasteiger partial charge in [0.25, 0.3) is 5.89 Å². The molecule has 0 fully saturated rings. The molecule has 0 saturated carbocycles. The lowest BCUT2D eigenvalue weighted by molar-refractivity contribution is 0.316. The maximum absolute atomic E-state index is 13.8. The molecule has 6 radical (unpaired) electrons. The van der Waals surface area contributed by atoms with Crippen molar-refractivity contribution < 1.29 is 18.0 Å². The summed E-state index contributed by atoms with van der Waals surface area (Å²) in [6, 6.07) is 5.39. The van der Waals surface area contributed by atoms with Crippen LogP contribution in [0.1, 0.15) is 5.69 Å². The summed E-state index contributed by atoms with van der Waals surface area (Å²) in [4.78, 5) is 16.4. The summed E-state index contributed by atoms with van der Waals surface area (Å²) in [7, 11) is 16.7. The van der Waals surface area contributed by atoms with Gasteiger partial charge in [-0.25, -0.2) is 18.7 Å².